The van der Waals surface area contributed by atoms with Crippen LogP contribution in [0.15, 0.2) is 42.6 Å². The number of amides is 1. The zero-order valence-electron chi connectivity index (χ0n) is 12.5. The zero-order chi connectivity index (χ0) is 18.0. The Labute approximate surface area is 138 Å². The molecule has 130 valence electrons. The summed E-state index contributed by atoms with van der Waals surface area (Å²) >= 11 is 0. The summed E-state index contributed by atoms with van der Waals surface area (Å²) in [6, 6.07) is 8.53. The molecule has 0 saturated heterocycles. The van der Waals surface area contributed by atoms with Crippen molar-refractivity contribution in [3.05, 3.63) is 48.3 Å². The first-order chi connectivity index (χ1) is 11.8. The molecule has 0 saturated carbocycles. The summed E-state index contributed by atoms with van der Waals surface area (Å²) in [5, 5.41) is 15.9. The van der Waals surface area contributed by atoms with Crippen molar-refractivity contribution >= 4 is 17.1 Å². The van der Waals surface area contributed by atoms with Crippen LogP contribution in [0, 0.1) is 0 Å². The lowest BCUT2D eigenvalue weighted by Gasteiger charge is -2.09. The highest BCUT2D eigenvalue weighted by Gasteiger charge is 2.31. The van der Waals surface area contributed by atoms with Gasteiger partial charge in [0.1, 0.15) is 5.75 Å². The van der Waals surface area contributed by atoms with Crippen molar-refractivity contribution in [2.75, 3.05) is 0 Å². The molecule has 0 spiro atoms. The number of rotatable bonds is 4. The third kappa shape index (κ3) is 3.79. The van der Waals surface area contributed by atoms with Crippen LogP contribution in [0.2, 0.25) is 0 Å². The number of hydrogen-bond acceptors (Lipinski definition) is 4. The Bertz CT molecular complexity index is 907. The van der Waals surface area contributed by atoms with Gasteiger partial charge < -0.3 is 15.2 Å². The van der Waals surface area contributed by atoms with Gasteiger partial charge in [-0.05, 0) is 36.4 Å². The molecule has 25 heavy (non-hydrogen) atoms. The Morgan fingerprint density at radius 1 is 1.24 bits per heavy atom. The summed E-state index contributed by atoms with van der Waals surface area (Å²) in [6.45, 7) is -0.0280. The van der Waals surface area contributed by atoms with Crippen LogP contribution in [0.3, 0.4) is 0 Å². The number of carboxylic acid groups (broad SMARTS) is 1. The second kappa shape index (κ2) is 6.30. The standard InChI is InChI=1S/C15H11F3N4O3/c16-15(17,18)25-10-5-3-9(4-6-10)22-13-11(2-1-7-19-13)12(21-22)8-20-14(23)24/h1-7,20H,8H2,(H,23,24). The predicted octanol–water partition coefficient (Wildman–Crippen LogP) is 3.09. The lowest BCUT2D eigenvalue weighted by atomic mass is 10.2. The van der Waals surface area contributed by atoms with Crippen molar-refractivity contribution in [2.24, 2.45) is 0 Å². The molecule has 2 aromatic heterocycles. The highest BCUT2D eigenvalue weighted by Crippen LogP contribution is 2.25. The SMILES string of the molecule is O=C(O)NCc1nn(-c2ccc(OC(F)(F)F)cc2)c2ncccc12. The highest BCUT2D eigenvalue weighted by molar-refractivity contribution is 5.80. The van der Waals surface area contributed by atoms with Gasteiger partial charge >= 0.3 is 12.5 Å². The molecule has 7 nitrogen and oxygen atoms in total. The Morgan fingerprint density at radius 3 is 2.60 bits per heavy atom. The third-order valence-corrected chi connectivity index (χ3v) is 3.24. The summed E-state index contributed by atoms with van der Waals surface area (Å²) in [5.41, 5.74) is 1.36. The van der Waals surface area contributed by atoms with E-state index in [1.807, 2.05) is 0 Å². The first-order valence-electron chi connectivity index (χ1n) is 6.99. The number of nitrogens with zero attached hydrogens (tertiary/aromatic N) is 3. The molecule has 0 atom stereocenters. The van der Waals surface area contributed by atoms with E-state index in [1.165, 1.54) is 23.0 Å². The number of carbonyl (C=O) groups is 1. The fourth-order valence-corrected chi connectivity index (χ4v) is 2.27. The van der Waals surface area contributed by atoms with E-state index >= 15 is 0 Å². The van der Waals surface area contributed by atoms with Crippen LogP contribution in [-0.2, 0) is 6.54 Å². The molecule has 10 heteroatoms. The van der Waals surface area contributed by atoms with Crippen molar-refractivity contribution in [3.63, 3.8) is 0 Å². The number of halogens is 3. The van der Waals surface area contributed by atoms with E-state index in [9.17, 15) is 18.0 Å². The minimum atomic E-state index is -4.77. The molecule has 0 fully saturated rings. The molecule has 0 unspecified atom stereocenters. The van der Waals surface area contributed by atoms with Gasteiger partial charge in [0.15, 0.2) is 5.65 Å². The highest BCUT2D eigenvalue weighted by atomic mass is 19.4. The number of nitrogens with one attached hydrogen (secondary N) is 1. The fourth-order valence-electron chi connectivity index (χ4n) is 2.27. The molecule has 2 heterocycles. The first kappa shape index (κ1) is 16.6. The molecule has 0 bridgehead atoms. The molecule has 1 aromatic carbocycles. The van der Waals surface area contributed by atoms with Crippen molar-refractivity contribution in [1.29, 1.82) is 0 Å². The van der Waals surface area contributed by atoms with E-state index in [1.54, 1.807) is 12.1 Å². The van der Waals surface area contributed by atoms with Gasteiger partial charge in [-0.3, -0.25) is 0 Å². The number of hydrogen-bond donors (Lipinski definition) is 2. The van der Waals surface area contributed by atoms with Crippen molar-refractivity contribution in [3.8, 4) is 11.4 Å². The lowest BCUT2D eigenvalue weighted by Crippen LogP contribution is -2.20. The molecule has 0 aliphatic carbocycles. The third-order valence-electron chi connectivity index (χ3n) is 3.24. The van der Waals surface area contributed by atoms with Gasteiger partial charge in [-0.15, -0.1) is 13.2 Å². The Hall–Kier alpha value is -3.30. The number of pyridine rings is 1. The van der Waals surface area contributed by atoms with Crippen LogP contribution < -0.4 is 10.1 Å². The monoisotopic (exact) mass is 352 g/mol. The summed E-state index contributed by atoms with van der Waals surface area (Å²) in [5.74, 6) is -0.353. The molecule has 1 amide bonds. The van der Waals surface area contributed by atoms with Crippen molar-refractivity contribution in [1.82, 2.24) is 20.1 Å². The summed E-state index contributed by atoms with van der Waals surface area (Å²) in [7, 11) is 0. The second-order valence-electron chi connectivity index (χ2n) is 4.93. The minimum Gasteiger partial charge on any atom is -0.465 e. The molecule has 0 aliphatic rings. The topological polar surface area (TPSA) is 89.3 Å². The Morgan fingerprint density at radius 2 is 1.96 bits per heavy atom. The number of aromatic nitrogens is 3. The fraction of sp³-hybridized carbons (Fsp3) is 0.133. The number of alkyl halides is 3. The van der Waals surface area contributed by atoms with E-state index in [0.717, 1.165) is 12.1 Å². The molecule has 0 aliphatic heterocycles. The van der Waals surface area contributed by atoms with Gasteiger partial charge in [-0.1, -0.05) is 0 Å². The van der Waals surface area contributed by atoms with Crippen LogP contribution in [-0.4, -0.2) is 32.3 Å². The van der Waals surface area contributed by atoms with Crippen LogP contribution in [0.5, 0.6) is 5.75 Å². The minimum absolute atomic E-state index is 0.0280. The zero-order valence-corrected chi connectivity index (χ0v) is 12.5. The summed E-state index contributed by atoms with van der Waals surface area (Å²) in [6.07, 6.45) is -4.42. The maximum Gasteiger partial charge on any atom is 0.573 e. The number of benzene rings is 1. The van der Waals surface area contributed by atoms with Crippen LogP contribution in [0.4, 0.5) is 18.0 Å². The van der Waals surface area contributed by atoms with Gasteiger partial charge in [-0.25, -0.2) is 14.5 Å². The smallest absolute Gasteiger partial charge is 0.465 e. The van der Waals surface area contributed by atoms with Gasteiger partial charge in [0.2, 0.25) is 0 Å². The number of ether oxygens (including phenoxy) is 1. The molecule has 2 N–H and O–H groups in total. The van der Waals surface area contributed by atoms with E-state index in [2.05, 4.69) is 20.1 Å². The van der Waals surface area contributed by atoms with E-state index in [0.29, 0.717) is 22.4 Å². The predicted molar refractivity (Wildman–Crippen MR) is 80.4 cm³/mol. The Balaban J connectivity index is 1.96. The van der Waals surface area contributed by atoms with Gasteiger partial charge in [0.05, 0.1) is 17.9 Å². The summed E-state index contributed by atoms with van der Waals surface area (Å²) in [4.78, 5) is 14.9. The van der Waals surface area contributed by atoms with Crippen LogP contribution >= 0.6 is 0 Å². The molecule has 0 radical (unpaired) electrons. The van der Waals surface area contributed by atoms with Gasteiger partial charge in [-0.2, -0.15) is 5.10 Å². The van der Waals surface area contributed by atoms with E-state index in [-0.39, 0.29) is 12.3 Å². The second-order valence-corrected chi connectivity index (χ2v) is 4.93. The van der Waals surface area contributed by atoms with Gasteiger partial charge in [0, 0.05) is 11.6 Å². The number of fused-ring (bicyclic) bond motifs is 1. The van der Waals surface area contributed by atoms with Crippen molar-refractivity contribution < 1.29 is 27.8 Å². The first-order valence-corrected chi connectivity index (χ1v) is 6.99. The molecular weight excluding hydrogens is 341 g/mol. The van der Waals surface area contributed by atoms with E-state index in [4.69, 9.17) is 5.11 Å². The molecule has 3 aromatic rings. The molecular formula is C15H11F3N4O3. The maximum absolute atomic E-state index is 12.2. The van der Waals surface area contributed by atoms with E-state index < -0.39 is 12.5 Å². The van der Waals surface area contributed by atoms with Gasteiger partial charge in [0.25, 0.3) is 0 Å². The average Bonchev–Trinajstić information content (AvgIpc) is 2.91. The molecule has 3 rings (SSSR count). The summed E-state index contributed by atoms with van der Waals surface area (Å²) < 4.78 is 41.9. The normalized spacial score (nSPS) is 11.5. The average molecular weight is 352 g/mol. The quantitative estimate of drug-likeness (QED) is 0.753. The van der Waals surface area contributed by atoms with Crippen LogP contribution in [0.25, 0.3) is 16.7 Å². The lowest BCUT2D eigenvalue weighted by molar-refractivity contribution is -0.274. The van der Waals surface area contributed by atoms with Crippen LogP contribution in [0.1, 0.15) is 5.69 Å². The maximum atomic E-state index is 12.2. The largest absolute Gasteiger partial charge is 0.573 e. The van der Waals surface area contributed by atoms with Crippen molar-refractivity contribution in [2.45, 2.75) is 12.9 Å². The Kier molecular flexibility index (Phi) is 4.17.